The van der Waals surface area contributed by atoms with E-state index >= 15 is 0 Å². The van der Waals surface area contributed by atoms with Crippen molar-refractivity contribution in [2.24, 2.45) is 0 Å². The maximum Gasteiger partial charge on any atom is 0.0517 e. The molecule has 0 aliphatic rings. The number of rotatable bonds is 5. The molecule has 0 spiro atoms. The van der Waals surface area contributed by atoms with Crippen molar-refractivity contribution in [2.75, 3.05) is 5.75 Å². The zero-order valence-electron chi connectivity index (χ0n) is 9.54. The highest BCUT2D eigenvalue weighted by molar-refractivity contribution is 8.00. The van der Waals surface area contributed by atoms with Gasteiger partial charge >= 0.3 is 0 Å². The van der Waals surface area contributed by atoms with Gasteiger partial charge < -0.3 is 9.90 Å². The van der Waals surface area contributed by atoms with Gasteiger partial charge in [-0.3, -0.25) is 0 Å². The predicted molar refractivity (Wildman–Crippen MR) is 72.7 cm³/mol. The van der Waals surface area contributed by atoms with Crippen molar-refractivity contribution in [3.63, 3.8) is 0 Å². The van der Waals surface area contributed by atoms with Crippen LogP contribution in [0.25, 0.3) is 0 Å². The summed E-state index contributed by atoms with van der Waals surface area (Å²) in [6, 6.07) is 18.0. The first-order valence-corrected chi connectivity index (χ1v) is 7.20. The molecule has 4 heteroatoms. The minimum absolute atomic E-state index is 0.00876. The molecule has 0 aliphatic heterocycles. The number of benzene rings is 2. The Hall–Kier alpha value is -1.39. The van der Waals surface area contributed by atoms with Crippen LogP contribution in [0.4, 0.5) is 0 Å². The van der Waals surface area contributed by atoms with E-state index in [9.17, 15) is 9.90 Å². The van der Waals surface area contributed by atoms with E-state index in [1.807, 2.05) is 42.5 Å². The van der Waals surface area contributed by atoms with E-state index in [0.717, 1.165) is 9.79 Å². The van der Waals surface area contributed by atoms with Crippen LogP contribution in [0.3, 0.4) is 0 Å². The summed E-state index contributed by atoms with van der Waals surface area (Å²) < 4.78 is 0. The van der Waals surface area contributed by atoms with E-state index in [4.69, 9.17) is 0 Å². The van der Waals surface area contributed by atoms with Crippen LogP contribution in [0, 0.1) is 0 Å². The summed E-state index contributed by atoms with van der Waals surface area (Å²) in [4.78, 5) is 13.6. The molecule has 0 aromatic heterocycles. The van der Waals surface area contributed by atoms with Gasteiger partial charge in [-0.15, -0.1) is 11.8 Å². The lowest BCUT2D eigenvalue weighted by Gasteiger charge is -2.04. The van der Waals surface area contributed by atoms with E-state index in [2.05, 4.69) is 12.1 Å². The van der Waals surface area contributed by atoms with Crippen molar-refractivity contribution in [3.05, 3.63) is 54.6 Å². The number of carbonyl (C=O) groups excluding carboxylic acids is 1. The third-order valence-electron chi connectivity index (χ3n) is 2.16. The molecule has 2 aromatic carbocycles. The second-order valence-electron chi connectivity index (χ2n) is 3.55. The Bertz CT molecular complexity index is 509. The van der Waals surface area contributed by atoms with Gasteiger partial charge in [0.05, 0.1) is 5.97 Å². The smallest absolute Gasteiger partial charge is 0.0517 e. The Morgan fingerprint density at radius 2 is 1.44 bits per heavy atom. The maximum atomic E-state index is 10.3. The van der Waals surface area contributed by atoms with Gasteiger partial charge in [0.2, 0.25) is 0 Å². The number of carbonyl (C=O) groups is 1. The highest BCUT2D eigenvalue weighted by atomic mass is 32.2. The summed E-state index contributed by atoms with van der Waals surface area (Å²) in [5, 5.41) is 10.3. The van der Waals surface area contributed by atoms with E-state index in [0.29, 0.717) is 0 Å². The molecule has 0 radical (unpaired) electrons. The van der Waals surface area contributed by atoms with Crippen LogP contribution in [0.1, 0.15) is 0 Å². The number of aliphatic carboxylic acids is 1. The Morgan fingerprint density at radius 1 is 0.889 bits per heavy atom. The molecule has 92 valence electrons. The minimum atomic E-state index is -1.04. The van der Waals surface area contributed by atoms with Crippen molar-refractivity contribution in [2.45, 2.75) is 14.7 Å². The van der Waals surface area contributed by atoms with Gasteiger partial charge in [-0.05, 0) is 36.4 Å². The monoisotopic (exact) mass is 275 g/mol. The van der Waals surface area contributed by atoms with Crippen molar-refractivity contribution in [1.82, 2.24) is 0 Å². The molecule has 2 aromatic rings. The molecule has 2 rings (SSSR count). The summed E-state index contributed by atoms with van der Waals surface area (Å²) in [7, 11) is 0. The summed E-state index contributed by atoms with van der Waals surface area (Å²) >= 11 is 2.95. The first kappa shape index (κ1) is 13.1. The quantitative estimate of drug-likeness (QED) is 0.787. The van der Waals surface area contributed by atoms with Crippen LogP contribution in [0.2, 0.25) is 0 Å². The zero-order chi connectivity index (χ0) is 12.8. The SMILES string of the molecule is O=C([O-])CSc1ccc(Sc2ccccc2)cc1. The molecular weight excluding hydrogens is 264 g/mol. The number of hydrogen-bond acceptors (Lipinski definition) is 4. The van der Waals surface area contributed by atoms with Gasteiger partial charge in [0.25, 0.3) is 0 Å². The number of hydrogen-bond donors (Lipinski definition) is 0. The van der Waals surface area contributed by atoms with Crippen LogP contribution >= 0.6 is 23.5 Å². The first-order valence-electron chi connectivity index (χ1n) is 5.39. The van der Waals surface area contributed by atoms with Crippen molar-refractivity contribution in [3.8, 4) is 0 Å². The van der Waals surface area contributed by atoms with Crippen LogP contribution in [-0.2, 0) is 4.79 Å². The Morgan fingerprint density at radius 3 is 2.06 bits per heavy atom. The van der Waals surface area contributed by atoms with E-state index in [-0.39, 0.29) is 5.75 Å². The molecule has 2 nitrogen and oxygen atoms in total. The van der Waals surface area contributed by atoms with Crippen LogP contribution in [-0.4, -0.2) is 11.7 Å². The molecule has 0 bridgehead atoms. The highest BCUT2D eigenvalue weighted by Crippen LogP contribution is 2.29. The van der Waals surface area contributed by atoms with Crippen LogP contribution in [0.15, 0.2) is 69.3 Å². The van der Waals surface area contributed by atoms with Crippen LogP contribution < -0.4 is 5.11 Å². The molecule has 0 N–H and O–H groups in total. The third-order valence-corrected chi connectivity index (χ3v) is 4.16. The van der Waals surface area contributed by atoms with Gasteiger partial charge in [0.15, 0.2) is 0 Å². The summed E-state index contributed by atoms with van der Waals surface area (Å²) in [5.41, 5.74) is 0. The average Bonchev–Trinajstić information content (AvgIpc) is 2.39. The molecule has 0 fully saturated rings. The topological polar surface area (TPSA) is 40.1 Å². The Labute approximate surface area is 114 Å². The molecule has 0 unspecified atom stereocenters. The van der Waals surface area contributed by atoms with Gasteiger partial charge in [0, 0.05) is 20.4 Å². The van der Waals surface area contributed by atoms with E-state index < -0.39 is 5.97 Å². The lowest BCUT2D eigenvalue weighted by Crippen LogP contribution is -2.24. The van der Waals surface area contributed by atoms with Gasteiger partial charge in [-0.2, -0.15) is 0 Å². The van der Waals surface area contributed by atoms with Gasteiger partial charge in [-0.1, -0.05) is 30.0 Å². The molecule has 0 saturated heterocycles. The largest absolute Gasteiger partial charge is 0.549 e. The summed E-state index contributed by atoms with van der Waals surface area (Å²) in [6.07, 6.45) is 0. The number of carboxylic acids is 1. The first-order chi connectivity index (χ1) is 8.74. The van der Waals surface area contributed by atoms with E-state index in [1.54, 1.807) is 11.8 Å². The summed E-state index contributed by atoms with van der Waals surface area (Å²) in [6.45, 7) is 0. The molecular formula is C14H11O2S2-. The average molecular weight is 275 g/mol. The zero-order valence-corrected chi connectivity index (χ0v) is 11.2. The van der Waals surface area contributed by atoms with Crippen molar-refractivity contribution >= 4 is 29.5 Å². The molecule has 0 atom stereocenters. The molecule has 0 amide bonds. The second-order valence-corrected chi connectivity index (χ2v) is 5.74. The fourth-order valence-electron chi connectivity index (χ4n) is 1.37. The molecule has 0 aliphatic carbocycles. The standard InChI is InChI=1S/C14H12O2S2/c15-14(16)10-17-11-6-8-13(9-7-11)18-12-4-2-1-3-5-12/h1-9H,10H2,(H,15,16)/p-1. The fourth-order valence-corrected chi connectivity index (χ4v) is 2.82. The Balaban J connectivity index is 1.97. The van der Waals surface area contributed by atoms with E-state index in [1.165, 1.54) is 16.7 Å². The Kier molecular flexibility index (Phi) is 4.73. The van der Waals surface area contributed by atoms with Crippen molar-refractivity contribution < 1.29 is 9.90 Å². The summed E-state index contributed by atoms with van der Waals surface area (Å²) in [5.74, 6) is -1.05. The lowest BCUT2D eigenvalue weighted by molar-refractivity contribution is -0.301. The molecule has 0 saturated carbocycles. The third kappa shape index (κ3) is 4.13. The van der Waals surface area contributed by atoms with Crippen LogP contribution in [0.5, 0.6) is 0 Å². The normalized spacial score (nSPS) is 10.2. The maximum absolute atomic E-state index is 10.3. The number of thioether (sulfide) groups is 1. The van der Waals surface area contributed by atoms with Crippen molar-refractivity contribution in [1.29, 1.82) is 0 Å². The highest BCUT2D eigenvalue weighted by Gasteiger charge is 1.98. The van der Waals surface area contributed by atoms with Gasteiger partial charge in [-0.25, -0.2) is 0 Å². The second kappa shape index (κ2) is 6.52. The lowest BCUT2D eigenvalue weighted by atomic mass is 10.4. The predicted octanol–water partition coefficient (Wildman–Crippen LogP) is 2.68. The van der Waals surface area contributed by atoms with Gasteiger partial charge in [0.1, 0.15) is 0 Å². The fraction of sp³-hybridized carbons (Fsp3) is 0.0714. The number of carboxylic acid groups (broad SMARTS) is 1. The minimum Gasteiger partial charge on any atom is -0.549 e. The molecule has 0 heterocycles. The molecule has 18 heavy (non-hydrogen) atoms.